The zero-order valence-electron chi connectivity index (χ0n) is 53.5. The van der Waals surface area contributed by atoms with E-state index in [0.717, 1.165) is 122 Å². The number of allylic oxidation sites excluding steroid dienone is 8. The van der Waals surface area contributed by atoms with E-state index in [1.54, 1.807) is 12.2 Å². The van der Waals surface area contributed by atoms with Crippen LogP contribution in [0.15, 0.2) is 61.7 Å². The first kappa shape index (κ1) is 68.5. The number of carboxylic acid groups (broad SMARTS) is 4. The van der Waals surface area contributed by atoms with Crippen LogP contribution in [-0.2, 0) is 23.9 Å². The molecule has 10 heterocycles. The van der Waals surface area contributed by atoms with Crippen LogP contribution in [0.3, 0.4) is 0 Å². The van der Waals surface area contributed by atoms with Gasteiger partial charge >= 0.3 is 0 Å². The number of carbonyl (C=O) groups is 4. The lowest BCUT2D eigenvalue weighted by molar-refractivity contribution is -0.306. The van der Waals surface area contributed by atoms with Crippen molar-refractivity contribution < 1.29 is 44.3 Å². The van der Waals surface area contributed by atoms with Gasteiger partial charge in [0.25, 0.3) is 0 Å². The molecule has 0 saturated heterocycles. The standard InChI is InChI=1S/C68H70N8O9.4H3N/c1-13-41-31(3)51-27-61-67(37(9)53(75-61)23-47-33(5)43(15-19-63(77)78)57(71-47)29-59-45(17-21-65(81)82)35(7)49(73-59)25-55(41)69-51)39(11)85-40(12)68-38(10)54-24-48-34(6)44(16-20-64(79)80)58(72-48)30-60-46(18-22-66(83)84)36(8)50(74-60)26-56-42(14-2)32(4)52(70-56)28-62(68)76-54;;;;/h13-14,23-30,39-40,69-70,75-76H,1-2,15-22H2,3-12H3,(H,77,78)(H,79,80)(H,81,82)(H,83,84);4*1H3. The lowest BCUT2D eigenvalue weighted by atomic mass is 9.98. The molecule has 0 aromatic carbocycles. The van der Waals surface area contributed by atoms with E-state index >= 15 is 0 Å². The molecule has 20 N–H and O–H groups in total. The molecule has 2 unspecified atom stereocenters. The zero-order chi connectivity index (χ0) is 61.0. The highest BCUT2D eigenvalue weighted by Gasteiger charge is 2.27. The average Bonchev–Trinajstić information content (AvgIpc) is 1.67. The van der Waals surface area contributed by atoms with Crippen LogP contribution < -0.4 is 45.0 Å². The molecule has 89 heavy (non-hydrogen) atoms. The number of carbonyl (C=O) groups excluding carboxylic acids is 4. The average molecular weight is 1210 g/mol. The third-order valence-corrected chi connectivity index (χ3v) is 17.2. The number of ether oxygens (including phenoxy) is 1. The Morgan fingerprint density at radius 2 is 0.640 bits per heavy atom. The van der Waals surface area contributed by atoms with Crippen molar-refractivity contribution in [1.82, 2.24) is 64.5 Å². The Kier molecular flexibility index (Phi) is 20.9. The zero-order valence-corrected chi connectivity index (χ0v) is 53.5. The molecule has 0 radical (unpaired) electrons. The predicted molar refractivity (Wildman–Crippen MR) is 350 cm³/mol. The molecule has 0 aliphatic carbocycles. The molecule has 0 saturated carbocycles. The normalized spacial score (nSPS) is 13.5. The van der Waals surface area contributed by atoms with Crippen molar-refractivity contribution in [2.24, 2.45) is 0 Å². The number of aromatic nitrogens is 8. The summed E-state index contributed by atoms with van der Waals surface area (Å²) in [7, 11) is 0. The number of H-pyrrole nitrogens is 4. The molecule has 6 aromatic rings. The second-order valence-corrected chi connectivity index (χ2v) is 22.4. The van der Waals surface area contributed by atoms with E-state index in [0.29, 0.717) is 56.7 Å². The molecule has 0 fully saturated rings. The highest BCUT2D eigenvalue weighted by Crippen LogP contribution is 2.43. The van der Waals surface area contributed by atoms with E-state index in [1.165, 1.54) is 0 Å². The van der Waals surface area contributed by atoms with Crippen molar-refractivity contribution in [3.8, 4) is 0 Å². The Morgan fingerprint density at radius 3 is 0.899 bits per heavy atom. The second-order valence-electron chi connectivity index (χ2n) is 22.4. The number of nitrogens with one attached hydrogen (secondary N) is 4. The molecule has 4 aliphatic rings. The molecule has 0 amide bonds. The minimum atomic E-state index is -1.20. The Hall–Kier alpha value is -9.64. The van der Waals surface area contributed by atoms with E-state index in [2.05, 4.69) is 45.2 Å². The fourth-order valence-electron chi connectivity index (χ4n) is 12.5. The molecule has 0 spiro atoms. The van der Waals surface area contributed by atoms with Crippen molar-refractivity contribution in [3.63, 3.8) is 0 Å². The topological polar surface area (TPSA) is 430 Å². The Bertz CT molecular complexity index is 4150. The van der Waals surface area contributed by atoms with E-state index in [4.69, 9.17) is 24.7 Å². The van der Waals surface area contributed by atoms with E-state index in [1.807, 2.05) is 106 Å². The number of rotatable bonds is 18. The lowest BCUT2D eigenvalue weighted by Crippen LogP contribution is -2.21. The smallest absolute Gasteiger partial charge is 0.0828 e. The number of fused-ring (bicyclic) bond motifs is 16. The van der Waals surface area contributed by atoms with Crippen molar-refractivity contribution in [1.29, 1.82) is 0 Å². The summed E-state index contributed by atoms with van der Waals surface area (Å²) >= 11 is 0. The summed E-state index contributed by atoms with van der Waals surface area (Å²) in [5.74, 6) is -4.78. The van der Waals surface area contributed by atoms with Gasteiger partial charge in [0.1, 0.15) is 0 Å². The number of hydrogen-bond donors (Lipinski definition) is 8. The van der Waals surface area contributed by atoms with Crippen LogP contribution in [0.5, 0.6) is 0 Å². The fourth-order valence-corrected chi connectivity index (χ4v) is 12.5. The van der Waals surface area contributed by atoms with Gasteiger partial charge in [-0.25, -0.2) is 19.9 Å². The van der Waals surface area contributed by atoms with E-state index in [-0.39, 0.29) is 76.0 Å². The van der Waals surface area contributed by atoms with Crippen molar-refractivity contribution in [2.75, 3.05) is 0 Å². The van der Waals surface area contributed by atoms with Gasteiger partial charge < -0.3 is 88.9 Å². The van der Waals surface area contributed by atoms with Crippen LogP contribution in [0.25, 0.3) is 101 Å². The number of carboxylic acids is 4. The van der Waals surface area contributed by atoms with Gasteiger partial charge in [0.2, 0.25) is 0 Å². The van der Waals surface area contributed by atoms with Gasteiger partial charge in [-0.05, 0) is 236 Å². The van der Waals surface area contributed by atoms with Crippen molar-refractivity contribution in [3.05, 3.63) is 152 Å². The van der Waals surface area contributed by atoms with Crippen LogP contribution >= 0.6 is 0 Å². The minimum absolute atomic E-state index is 0. The minimum Gasteiger partial charge on any atom is -0.550 e. The fraction of sp³-hybridized carbons (Fsp3) is 0.294. The Balaban J connectivity index is 0.00000316. The number of hydrogen-bond acceptors (Lipinski definition) is 13. The van der Waals surface area contributed by atoms with Gasteiger partial charge in [0.15, 0.2) is 0 Å². The predicted octanol–water partition coefficient (Wildman–Crippen LogP) is 11.6. The highest BCUT2D eigenvalue weighted by atomic mass is 16.5. The first-order valence-corrected chi connectivity index (χ1v) is 28.5. The SMILES string of the molecule is C=Cc1c(C)c2cc3[nH]c(cc4nc(cc5nc(cc1[nH]2)C(C)=C5CCC(=O)[O-])C(CCC(=O)[O-])=C4C)c(C)c3C(C)OC(C)c1c(C)c2cc3nc(cc4nc(cc5[nH]c(cc1[nH]2)c(C)c5C=C)C(C)=C4CCC(=O)[O-])C(CCC(=O)[O-])=C3C.[NH4+].[NH4+].[NH4+].[NH4+]. The molecule has 2 atom stereocenters. The highest BCUT2D eigenvalue weighted by molar-refractivity contribution is 5.99. The van der Waals surface area contributed by atoms with Crippen LogP contribution in [0.4, 0.5) is 0 Å². The van der Waals surface area contributed by atoms with Crippen LogP contribution in [0.1, 0.15) is 195 Å². The van der Waals surface area contributed by atoms with Gasteiger partial charge in [-0.3, -0.25) is 0 Å². The number of aryl methyl sites for hydroxylation is 4. The summed E-state index contributed by atoms with van der Waals surface area (Å²) in [6.45, 7) is 28.1. The molecule has 21 heteroatoms. The summed E-state index contributed by atoms with van der Waals surface area (Å²) in [5, 5.41) is 47.5. The van der Waals surface area contributed by atoms with Crippen molar-refractivity contribution in [2.45, 2.75) is 133 Å². The monoisotopic (exact) mass is 1210 g/mol. The Morgan fingerprint density at radius 1 is 0.393 bits per heavy atom. The second kappa shape index (κ2) is 27.2. The number of aromatic amines is 4. The molecule has 4 aliphatic heterocycles. The summed E-state index contributed by atoms with van der Waals surface area (Å²) < 4.78 is 7.27. The Labute approximate surface area is 516 Å². The van der Waals surface area contributed by atoms with Crippen LogP contribution in [-0.4, -0.2) is 63.7 Å². The third kappa shape index (κ3) is 13.2. The van der Waals surface area contributed by atoms with Gasteiger partial charge in [-0.1, -0.05) is 25.3 Å². The molecule has 10 rings (SSSR count). The van der Waals surface area contributed by atoms with Crippen LogP contribution in [0.2, 0.25) is 0 Å². The largest absolute Gasteiger partial charge is 0.550 e. The number of quaternary nitrogens is 4. The summed E-state index contributed by atoms with van der Waals surface area (Å²) in [5.41, 5.74) is 23.8. The maximum absolute atomic E-state index is 11.9. The maximum atomic E-state index is 11.9. The molecular weight excluding hydrogens is 1130 g/mol. The van der Waals surface area contributed by atoms with Crippen LogP contribution in [0, 0.1) is 27.7 Å². The first-order valence-electron chi connectivity index (χ1n) is 28.5. The lowest BCUT2D eigenvalue weighted by Gasteiger charge is -2.20. The third-order valence-electron chi connectivity index (χ3n) is 17.2. The molecule has 6 aromatic heterocycles. The maximum Gasteiger partial charge on any atom is 0.0828 e. The first-order chi connectivity index (χ1) is 40.4. The quantitative estimate of drug-likeness (QED) is 0.0397. The molecule has 21 nitrogen and oxygen atoms in total. The van der Waals surface area contributed by atoms with E-state index in [9.17, 15) is 39.6 Å². The van der Waals surface area contributed by atoms with Gasteiger partial charge in [0.05, 0.1) is 57.8 Å². The van der Waals surface area contributed by atoms with E-state index < -0.39 is 36.1 Å². The number of aliphatic carboxylic acids is 4. The number of nitrogens with zero attached hydrogens (tertiary/aromatic N) is 4. The summed E-state index contributed by atoms with van der Waals surface area (Å²) in [6, 6.07) is 15.5. The summed E-state index contributed by atoms with van der Waals surface area (Å²) in [4.78, 5) is 82.5. The molecule has 16 bridgehead atoms. The summed E-state index contributed by atoms with van der Waals surface area (Å²) in [6.07, 6.45) is 2.19. The van der Waals surface area contributed by atoms with Gasteiger partial charge in [0, 0.05) is 90.3 Å². The van der Waals surface area contributed by atoms with Gasteiger partial charge in [-0.15, -0.1) is 0 Å². The van der Waals surface area contributed by atoms with Crippen molar-refractivity contribution >= 4 is 125 Å². The van der Waals surface area contributed by atoms with Gasteiger partial charge in [-0.2, -0.15) is 0 Å². The molecular formula is C68H82N12O9. The molecule has 468 valence electrons.